The summed E-state index contributed by atoms with van der Waals surface area (Å²) in [6.07, 6.45) is 1.23. The van der Waals surface area contributed by atoms with Gasteiger partial charge in [-0.25, -0.2) is 12.8 Å². The van der Waals surface area contributed by atoms with Crippen molar-refractivity contribution in [3.05, 3.63) is 94.2 Å². The number of sulfonamides is 1. The summed E-state index contributed by atoms with van der Waals surface area (Å²) in [6, 6.07) is 15.8. The smallest absolute Gasteiger partial charge is 0.263 e. The third kappa shape index (κ3) is 4.46. The molecule has 0 fully saturated rings. The van der Waals surface area contributed by atoms with Crippen LogP contribution in [0, 0.1) is 5.82 Å². The van der Waals surface area contributed by atoms with Gasteiger partial charge < -0.3 is 14.0 Å². The van der Waals surface area contributed by atoms with Gasteiger partial charge in [0.15, 0.2) is 5.82 Å². The Hall–Kier alpha value is -4.35. The Morgan fingerprint density at radius 1 is 1.00 bits per heavy atom. The number of anilines is 1. The molecule has 0 amide bonds. The number of nitrogens with zero attached hydrogens (tertiary/aromatic N) is 2. The minimum Gasteiger partial charge on any atom is -0.495 e. The minimum absolute atomic E-state index is 0.0201. The van der Waals surface area contributed by atoms with Crippen molar-refractivity contribution in [2.75, 3.05) is 18.9 Å². The SMILES string of the molecule is COc1cc(-c2cccc(Cl)c2OC)c(F)cc1-n1c(=O)ccc2cc(S(=O)(=O)Nc3ccon3)ccc21. The molecule has 2 heterocycles. The van der Waals surface area contributed by atoms with Crippen LogP contribution in [0.3, 0.4) is 0 Å². The van der Waals surface area contributed by atoms with Crippen LogP contribution in [0.15, 0.2) is 87.2 Å². The standard InChI is InChI=1S/C26H19ClFN3O6S/c1-35-23-13-18(17-4-3-5-19(27)26(17)36-2)20(28)14-22(23)31-21-8-7-16(12-15(21)6-9-25(31)32)38(33,34)30-24-10-11-37-29-24/h3-14H,1-2H3,(H,29,30). The van der Waals surface area contributed by atoms with Gasteiger partial charge in [-0.3, -0.25) is 14.1 Å². The van der Waals surface area contributed by atoms with E-state index in [1.54, 1.807) is 18.2 Å². The minimum atomic E-state index is -4.00. The molecule has 38 heavy (non-hydrogen) atoms. The summed E-state index contributed by atoms with van der Waals surface area (Å²) in [5, 5.41) is 4.27. The van der Waals surface area contributed by atoms with Crippen molar-refractivity contribution in [3.8, 4) is 28.3 Å². The van der Waals surface area contributed by atoms with E-state index in [4.69, 9.17) is 21.1 Å². The fourth-order valence-corrected chi connectivity index (χ4v) is 5.40. The zero-order valence-electron chi connectivity index (χ0n) is 19.9. The molecule has 0 bridgehead atoms. The Morgan fingerprint density at radius 3 is 2.53 bits per heavy atom. The van der Waals surface area contributed by atoms with Gasteiger partial charge in [-0.05, 0) is 36.4 Å². The molecule has 12 heteroatoms. The predicted octanol–water partition coefficient (Wildman–Crippen LogP) is 5.26. The second kappa shape index (κ2) is 9.84. The lowest BCUT2D eigenvalue weighted by molar-refractivity contribution is 0.411. The third-order valence-corrected chi connectivity index (χ3v) is 7.47. The average Bonchev–Trinajstić information content (AvgIpc) is 3.40. The Balaban J connectivity index is 1.66. The van der Waals surface area contributed by atoms with E-state index in [-0.39, 0.29) is 33.5 Å². The van der Waals surface area contributed by atoms with Crippen molar-refractivity contribution in [1.82, 2.24) is 9.72 Å². The molecule has 0 aliphatic carbocycles. The molecule has 0 saturated carbocycles. The van der Waals surface area contributed by atoms with Crippen LogP contribution in [-0.4, -0.2) is 32.4 Å². The number of nitrogens with one attached hydrogen (secondary N) is 1. The first kappa shape index (κ1) is 25.3. The molecular formula is C26H19ClFN3O6S. The fraction of sp³-hybridized carbons (Fsp3) is 0.0769. The quantitative estimate of drug-likeness (QED) is 0.291. The number of rotatable bonds is 7. The average molecular weight is 556 g/mol. The van der Waals surface area contributed by atoms with Gasteiger partial charge in [0.05, 0.1) is 35.3 Å². The van der Waals surface area contributed by atoms with Crippen molar-refractivity contribution >= 4 is 38.3 Å². The number of halogens is 2. The van der Waals surface area contributed by atoms with Crippen molar-refractivity contribution in [2.45, 2.75) is 4.90 Å². The van der Waals surface area contributed by atoms with Crippen molar-refractivity contribution in [3.63, 3.8) is 0 Å². The number of methoxy groups -OCH3 is 2. The lowest BCUT2D eigenvalue weighted by Gasteiger charge is -2.17. The lowest BCUT2D eigenvalue weighted by Crippen LogP contribution is -2.19. The molecule has 194 valence electrons. The van der Waals surface area contributed by atoms with Crippen LogP contribution in [-0.2, 0) is 10.0 Å². The van der Waals surface area contributed by atoms with Gasteiger partial charge in [-0.1, -0.05) is 28.9 Å². The zero-order valence-corrected chi connectivity index (χ0v) is 21.5. The Kier molecular flexibility index (Phi) is 6.55. The second-order valence-electron chi connectivity index (χ2n) is 8.04. The summed E-state index contributed by atoms with van der Waals surface area (Å²) in [4.78, 5) is 12.9. The number of aromatic nitrogens is 2. The van der Waals surface area contributed by atoms with E-state index in [1.165, 1.54) is 73.6 Å². The molecule has 0 radical (unpaired) electrons. The molecule has 3 aromatic carbocycles. The lowest BCUT2D eigenvalue weighted by atomic mass is 10.0. The predicted molar refractivity (Wildman–Crippen MR) is 140 cm³/mol. The molecule has 0 spiro atoms. The first-order valence-electron chi connectivity index (χ1n) is 11.0. The van der Waals surface area contributed by atoms with Crippen LogP contribution in [0.4, 0.5) is 10.2 Å². The van der Waals surface area contributed by atoms with Gasteiger partial charge in [0.2, 0.25) is 0 Å². The Morgan fingerprint density at radius 2 is 1.82 bits per heavy atom. The first-order valence-corrected chi connectivity index (χ1v) is 12.9. The molecular weight excluding hydrogens is 537 g/mol. The van der Waals surface area contributed by atoms with E-state index < -0.39 is 21.4 Å². The summed E-state index contributed by atoms with van der Waals surface area (Å²) < 4.78 is 60.3. The van der Waals surface area contributed by atoms with Crippen LogP contribution in [0.25, 0.3) is 27.7 Å². The molecule has 0 atom stereocenters. The number of ether oxygens (including phenoxy) is 2. The number of fused-ring (bicyclic) bond motifs is 1. The summed E-state index contributed by atoms with van der Waals surface area (Å²) in [5.41, 5.74) is 0.553. The maximum absolute atomic E-state index is 15.5. The van der Waals surface area contributed by atoms with Crippen molar-refractivity contribution in [2.24, 2.45) is 0 Å². The monoisotopic (exact) mass is 555 g/mol. The van der Waals surface area contributed by atoms with Gasteiger partial charge in [-0.2, -0.15) is 0 Å². The van der Waals surface area contributed by atoms with Crippen LogP contribution >= 0.6 is 11.6 Å². The molecule has 0 aliphatic heterocycles. The largest absolute Gasteiger partial charge is 0.495 e. The number of benzene rings is 3. The van der Waals surface area contributed by atoms with Gasteiger partial charge in [0.1, 0.15) is 23.6 Å². The Labute approximate surface area is 221 Å². The third-order valence-electron chi connectivity index (χ3n) is 5.82. The molecule has 0 saturated heterocycles. The van der Waals surface area contributed by atoms with E-state index in [0.717, 1.165) is 0 Å². The molecule has 5 aromatic rings. The highest BCUT2D eigenvalue weighted by molar-refractivity contribution is 7.92. The van der Waals surface area contributed by atoms with Crippen molar-refractivity contribution in [1.29, 1.82) is 0 Å². The zero-order chi connectivity index (χ0) is 27.0. The number of pyridine rings is 1. The van der Waals surface area contributed by atoms with Crippen molar-refractivity contribution < 1.29 is 26.8 Å². The van der Waals surface area contributed by atoms with E-state index >= 15 is 4.39 Å². The Bertz CT molecular complexity index is 1840. The molecule has 1 N–H and O–H groups in total. The molecule has 2 aromatic heterocycles. The topological polar surface area (TPSA) is 113 Å². The maximum Gasteiger partial charge on any atom is 0.263 e. The molecule has 0 unspecified atom stereocenters. The molecule has 0 aliphatic rings. The normalized spacial score (nSPS) is 11.5. The van der Waals surface area contributed by atoms with Gasteiger partial charge in [-0.15, -0.1) is 0 Å². The highest BCUT2D eigenvalue weighted by atomic mass is 35.5. The van der Waals surface area contributed by atoms with E-state index in [1.807, 2.05) is 0 Å². The molecule has 5 rings (SSSR count). The van der Waals surface area contributed by atoms with E-state index in [9.17, 15) is 13.2 Å². The number of hydrogen-bond acceptors (Lipinski definition) is 7. The number of hydrogen-bond donors (Lipinski definition) is 1. The highest BCUT2D eigenvalue weighted by Crippen LogP contribution is 2.40. The van der Waals surface area contributed by atoms with Crippen LogP contribution in [0.2, 0.25) is 5.02 Å². The first-order chi connectivity index (χ1) is 18.2. The second-order valence-corrected chi connectivity index (χ2v) is 10.1. The summed E-state index contributed by atoms with van der Waals surface area (Å²) in [7, 11) is -1.17. The van der Waals surface area contributed by atoms with Crippen LogP contribution in [0.1, 0.15) is 0 Å². The maximum atomic E-state index is 15.5. The number of para-hydroxylation sites is 1. The summed E-state index contributed by atoms with van der Waals surface area (Å²) in [5.74, 6) is -0.145. The van der Waals surface area contributed by atoms with Gasteiger partial charge >= 0.3 is 0 Å². The fourth-order valence-electron chi connectivity index (χ4n) is 4.12. The highest BCUT2D eigenvalue weighted by Gasteiger charge is 2.21. The van der Waals surface area contributed by atoms with E-state index in [0.29, 0.717) is 21.5 Å². The molecule has 9 nitrogen and oxygen atoms in total. The summed E-state index contributed by atoms with van der Waals surface area (Å²) >= 11 is 6.22. The van der Waals surface area contributed by atoms with Gasteiger partial charge in [0, 0.05) is 34.7 Å². The van der Waals surface area contributed by atoms with Crippen LogP contribution < -0.4 is 19.8 Å². The van der Waals surface area contributed by atoms with Gasteiger partial charge in [0.25, 0.3) is 15.6 Å². The van der Waals surface area contributed by atoms with Crippen LogP contribution in [0.5, 0.6) is 11.5 Å². The summed E-state index contributed by atoms with van der Waals surface area (Å²) in [6.45, 7) is 0. The van der Waals surface area contributed by atoms with E-state index in [2.05, 4.69) is 14.4 Å².